The lowest BCUT2D eigenvalue weighted by molar-refractivity contribution is -0.137. The zero-order valence-corrected chi connectivity index (χ0v) is 9.42. The van der Waals surface area contributed by atoms with Gasteiger partial charge < -0.3 is 0 Å². The van der Waals surface area contributed by atoms with Crippen LogP contribution < -0.4 is 0 Å². The average molecular weight is 262 g/mol. The van der Waals surface area contributed by atoms with Crippen LogP contribution in [0.2, 0.25) is 5.15 Å². The third-order valence-corrected chi connectivity index (χ3v) is 2.35. The van der Waals surface area contributed by atoms with Crippen molar-refractivity contribution in [3.63, 3.8) is 0 Å². The number of halogens is 4. The van der Waals surface area contributed by atoms with Crippen LogP contribution in [0.5, 0.6) is 0 Å². The highest BCUT2D eigenvalue weighted by Crippen LogP contribution is 2.29. The molecule has 0 N–H and O–H groups in total. The highest BCUT2D eigenvalue weighted by atomic mass is 35.5. The van der Waals surface area contributed by atoms with Crippen LogP contribution in [0.15, 0.2) is 24.4 Å². The minimum atomic E-state index is -4.39. The van der Waals surface area contributed by atoms with Crippen molar-refractivity contribution < 1.29 is 13.2 Å². The molecular formula is C10H7ClF3N3. The zero-order valence-electron chi connectivity index (χ0n) is 8.66. The number of hydrogen-bond acceptors (Lipinski definition) is 2. The minimum absolute atomic E-state index is 0.246. The molecule has 0 aromatic carbocycles. The molecule has 0 aliphatic heterocycles. The Hall–Kier alpha value is -1.56. The van der Waals surface area contributed by atoms with E-state index in [0.717, 1.165) is 12.3 Å². The fourth-order valence-corrected chi connectivity index (χ4v) is 1.59. The van der Waals surface area contributed by atoms with E-state index in [4.69, 9.17) is 11.6 Å². The van der Waals surface area contributed by atoms with Crippen LogP contribution in [0.1, 0.15) is 11.3 Å². The summed E-state index contributed by atoms with van der Waals surface area (Å²) in [5.41, 5.74) is -0.141. The molecule has 0 saturated carbocycles. The molecule has 17 heavy (non-hydrogen) atoms. The molecule has 0 fully saturated rings. The van der Waals surface area contributed by atoms with Gasteiger partial charge in [0.25, 0.3) is 0 Å². The Morgan fingerprint density at radius 3 is 2.41 bits per heavy atom. The first-order valence-electron chi connectivity index (χ1n) is 4.64. The molecule has 2 rings (SSSR count). The first-order valence-corrected chi connectivity index (χ1v) is 5.01. The molecule has 0 radical (unpaired) electrons. The summed E-state index contributed by atoms with van der Waals surface area (Å²) in [7, 11) is 0. The Bertz CT molecular complexity index is 531. The molecule has 90 valence electrons. The number of aryl methyl sites for hydroxylation is 1. The number of aromatic nitrogens is 3. The van der Waals surface area contributed by atoms with Crippen molar-refractivity contribution >= 4 is 11.6 Å². The predicted molar refractivity (Wildman–Crippen MR) is 56.1 cm³/mol. The summed E-state index contributed by atoms with van der Waals surface area (Å²) in [6, 6.07) is 3.76. The summed E-state index contributed by atoms with van der Waals surface area (Å²) < 4.78 is 38.2. The maximum Gasteiger partial charge on any atom is 0.417 e. The Morgan fingerprint density at radius 2 is 2.00 bits per heavy atom. The Morgan fingerprint density at radius 1 is 1.29 bits per heavy atom. The van der Waals surface area contributed by atoms with Gasteiger partial charge in [0, 0.05) is 6.20 Å². The first-order chi connectivity index (χ1) is 7.88. The molecule has 0 unspecified atom stereocenters. The van der Waals surface area contributed by atoms with Crippen molar-refractivity contribution in [1.82, 2.24) is 14.8 Å². The van der Waals surface area contributed by atoms with E-state index in [1.165, 1.54) is 10.7 Å². The third kappa shape index (κ3) is 2.41. The van der Waals surface area contributed by atoms with Crippen LogP contribution in [-0.2, 0) is 6.18 Å². The van der Waals surface area contributed by atoms with Gasteiger partial charge in [0.1, 0.15) is 5.15 Å². The van der Waals surface area contributed by atoms with E-state index in [-0.39, 0.29) is 5.82 Å². The average Bonchev–Trinajstić information content (AvgIpc) is 2.57. The maximum absolute atomic E-state index is 12.3. The monoisotopic (exact) mass is 261 g/mol. The molecule has 2 heterocycles. The van der Waals surface area contributed by atoms with Gasteiger partial charge in [0.05, 0.1) is 11.3 Å². The van der Waals surface area contributed by atoms with Crippen LogP contribution in [0.25, 0.3) is 5.82 Å². The van der Waals surface area contributed by atoms with Crippen molar-refractivity contribution in [3.05, 3.63) is 40.8 Å². The van der Waals surface area contributed by atoms with Crippen LogP contribution >= 0.6 is 11.6 Å². The van der Waals surface area contributed by atoms with Crippen LogP contribution in [0, 0.1) is 6.92 Å². The second-order valence-corrected chi connectivity index (χ2v) is 3.81. The smallest absolute Gasteiger partial charge is 0.236 e. The molecule has 0 aliphatic carbocycles. The van der Waals surface area contributed by atoms with Crippen LogP contribution in [0.3, 0.4) is 0 Å². The Balaban J connectivity index is 2.39. The van der Waals surface area contributed by atoms with E-state index in [1.54, 1.807) is 13.0 Å². The summed E-state index contributed by atoms with van der Waals surface area (Å²) in [5, 5.41) is 4.31. The van der Waals surface area contributed by atoms with Gasteiger partial charge >= 0.3 is 6.18 Å². The quantitative estimate of drug-likeness (QED) is 0.789. The highest BCUT2D eigenvalue weighted by Gasteiger charge is 2.30. The van der Waals surface area contributed by atoms with E-state index in [1.807, 2.05) is 0 Å². The second kappa shape index (κ2) is 4.03. The van der Waals surface area contributed by atoms with Crippen molar-refractivity contribution in [2.75, 3.05) is 0 Å². The lowest BCUT2D eigenvalue weighted by Crippen LogP contribution is -2.07. The van der Waals surface area contributed by atoms with Crippen molar-refractivity contribution in [2.24, 2.45) is 0 Å². The fraction of sp³-hybridized carbons (Fsp3) is 0.200. The van der Waals surface area contributed by atoms with E-state index in [0.29, 0.717) is 10.8 Å². The molecule has 0 bridgehead atoms. The SMILES string of the molecule is Cc1cc(Cl)n(-c2ccc(C(F)(F)F)cn2)n1. The molecular weight excluding hydrogens is 255 g/mol. The number of hydrogen-bond donors (Lipinski definition) is 0. The van der Waals surface area contributed by atoms with Gasteiger partial charge in [-0.15, -0.1) is 0 Å². The first kappa shape index (κ1) is 11.9. The Kier molecular flexibility index (Phi) is 2.82. The van der Waals surface area contributed by atoms with Gasteiger partial charge in [-0.1, -0.05) is 11.6 Å². The van der Waals surface area contributed by atoms with E-state index in [2.05, 4.69) is 10.1 Å². The summed E-state index contributed by atoms with van der Waals surface area (Å²) in [6.45, 7) is 1.73. The normalized spacial score (nSPS) is 11.8. The molecule has 0 spiro atoms. The Labute approximate surface area is 99.8 Å². The van der Waals surface area contributed by atoms with Gasteiger partial charge in [-0.05, 0) is 25.1 Å². The fourth-order valence-electron chi connectivity index (χ4n) is 1.31. The van der Waals surface area contributed by atoms with E-state index in [9.17, 15) is 13.2 Å². The molecule has 2 aromatic heterocycles. The van der Waals surface area contributed by atoms with E-state index >= 15 is 0 Å². The largest absolute Gasteiger partial charge is 0.417 e. The summed E-state index contributed by atoms with van der Waals surface area (Å²) >= 11 is 5.85. The molecule has 2 aromatic rings. The molecule has 7 heteroatoms. The lowest BCUT2D eigenvalue weighted by atomic mass is 10.3. The lowest BCUT2D eigenvalue weighted by Gasteiger charge is -2.07. The van der Waals surface area contributed by atoms with Gasteiger partial charge in [-0.2, -0.15) is 18.3 Å². The number of nitrogens with zero attached hydrogens (tertiary/aromatic N) is 3. The number of rotatable bonds is 1. The summed E-state index contributed by atoms with van der Waals surface area (Å²) in [4.78, 5) is 3.69. The molecule has 0 atom stereocenters. The molecule has 0 aliphatic rings. The second-order valence-electron chi connectivity index (χ2n) is 3.42. The van der Waals surface area contributed by atoms with Gasteiger partial charge in [-0.3, -0.25) is 0 Å². The number of alkyl halides is 3. The maximum atomic E-state index is 12.3. The topological polar surface area (TPSA) is 30.7 Å². The minimum Gasteiger partial charge on any atom is -0.236 e. The summed E-state index contributed by atoms with van der Waals surface area (Å²) in [5.74, 6) is 0.246. The van der Waals surface area contributed by atoms with Crippen molar-refractivity contribution in [3.8, 4) is 5.82 Å². The third-order valence-electron chi connectivity index (χ3n) is 2.08. The van der Waals surface area contributed by atoms with Gasteiger partial charge in [0.15, 0.2) is 5.82 Å². The van der Waals surface area contributed by atoms with Crippen molar-refractivity contribution in [2.45, 2.75) is 13.1 Å². The zero-order chi connectivity index (χ0) is 12.6. The van der Waals surface area contributed by atoms with Crippen molar-refractivity contribution in [1.29, 1.82) is 0 Å². The summed E-state index contributed by atoms with van der Waals surface area (Å²) in [6.07, 6.45) is -3.64. The molecule has 3 nitrogen and oxygen atoms in total. The van der Waals surface area contributed by atoms with Crippen LogP contribution in [0.4, 0.5) is 13.2 Å². The molecule has 0 amide bonds. The molecule has 0 saturated heterocycles. The van der Waals surface area contributed by atoms with Gasteiger partial charge in [-0.25, -0.2) is 9.67 Å². The predicted octanol–water partition coefficient (Wildman–Crippen LogP) is 3.25. The van der Waals surface area contributed by atoms with Crippen LogP contribution in [-0.4, -0.2) is 14.8 Å². The standard InChI is InChI=1S/C10H7ClF3N3/c1-6-4-8(11)17(16-6)9-3-2-7(5-15-9)10(12,13)14/h2-5H,1H3. The number of pyridine rings is 1. The van der Waals surface area contributed by atoms with E-state index < -0.39 is 11.7 Å². The van der Waals surface area contributed by atoms with Gasteiger partial charge in [0.2, 0.25) is 0 Å². The highest BCUT2D eigenvalue weighted by molar-refractivity contribution is 6.29.